The van der Waals surface area contributed by atoms with E-state index in [4.69, 9.17) is 4.42 Å². The van der Waals surface area contributed by atoms with Crippen molar-refractivity contribution in [1.29, 1.82) is 0 Å². The molecule has 0 fully saturated rings. The summed E-state index contributed by atoms with van der Waals surface area (Å²) in [6.45, 7) is 3.84. The van der Waals surface area contributed by atoms with Gasteiger partial charge in [0.1, 0.15) is 17.3 Å². The number of aryl methyl sites for hydroxylation is 2. The van der Waals surface area contributed by atoms with Crippen molar-refractivity contribution < 1.29 is 18.4 Å². The third kappa shape index (κ3) is 4.85. The van der Waals surface area contributed by atoms with Crippen LogP contribution in [-0.4, -0.2) is 23.3 Å². The summed E-state index contributed by atoms with van der Waals surface area (Å²) < 4.78 is 19.3. The molecular formula is C19H17BrFN3O3S. The van der Waals surface area contributed by atoms with Crippen LogP contribution in [0.4, 0.5) is 9.52 Å². The van der Waals surface area contributed by atoms with Crippen molar-refractivity contribution >= 4 is 44.2 Å². The van der Waals surface area contributed by atoms with Gasteiger partial charge in [-0.2, -0.15) is 0 Å². The molecule has 0 aliphatic rings. The van der Waals surface area contributed by atoms with Gasteiger partial charge >= 0.3 is 0 Å². The lowest BCUT2D eigenvalue weighted by Crippen LogP contribution is -2.28. The predicted octanol–water partition coefficient (Wildman–Crippen LogP) is 4.68. The summed E-state index contributed by atoms with van der Waals surface area (Å²) in [6, 6.07) is 5.75. The molecule has 1 aromatic carbocycles. The molecule has 3 rings (SSSR count). The largest absolute Gasteiger partial charge is 0.466 e. The maximum atomic E-state index is 13.3. The lowest BCUT2D eigenvalue weighted by Gasteiger charge is -2.07. The second kappa shape index (κ2) is 8.66. The van der Waals surface area contributed by atoms with Gasteiger partial charge in [-0.25, -0.2) is 9.37 Å². The Labute approximate surface area is 173 Å². The third-order valence-corrected chi connectivity index (χ3v) is 5.33. The average molecular weight is 466 g/mol. The monoisotopic (exact) mass is 465 g/mol. The van der Waals surface area contributed by atoms with E-state index in [0.29, 0.717) is 9.60 Å². The normalized spacial score (nSPS) is 10.7. The summed E-state index contributed by atoms with van der Waals surface area (Å²) in [5, 5.41) is 7.62. The Morgan fingerprint density at radius 1 is 1.29 bits per heavy atom. The first-order valence-corrected chi connectivity index (χ1v) is 10.1. The molecule has 0 spiro atoms. The lowest BCUT2D eigenvalue weighted by atomic mass is 10.2. The maximum Gasteiger partial charge on any atom is 0.252 e. The van der Waals surface area contributed by atoms with Gasteiger partial charge in [-0.1, -0.05) is 0 Å². The van der Waals surface area contributed by atoms with Gasteiger partial charge in [0.25, 0.3) is 5.91 Å². The highest BCUT2D eigenvalue weighted by molar-refractivity contribution is 9.10. The molecule has 0 aliphatic heterocycles. The van der Waals surface area contributed by atoms with Gasteiger partial charge in [0.05, 0.1) is 11.3 Å². The number of anilines is 1. The molecule has 2 amide bonds. The van der Waals surface area contributed by atoms with Gasteiger partial charge in [-0.05, 0) is 54.0 Å². The molecule has 9 heteroatoms. The molecule has 2 N–H and O–H groups in total. The van der Waals surface area contributed by atoms with Crippen LogP contribution < -0.4 is 10.6 Å². The Balaban J connectivity index is 1.52. The zero-order valence-electron chi connectivity index (χ0n) is 15.1. The number of hydrogen-bond donors (Lipinski definition) is 2. The quantitative estimate of drug-likeness (QED) is 0.553. The van der Waals surface area contributed by atoms with Crippen LogP contribution in [0.3, 0.4) is 0 Å². The van der Waals surface area contributed by atoms with Crippen molar-refractivity contribution in [3.05, 3.63) is 57.0 Å². The fourth-order valence-electron chi connectivity index (χ4n) is 2.58. The average Bonchev–Trinajstić information content (AvgIpc) is 3.22. The smallest absolute Gasteiger partial charge is 0.252 e. The summed E-state index contributed by atoms with van der Waals surface area (Å²) in [6.07, 6.45) is 0.0669. The number of furan rings is 1. The van der Waals surface area contributed by atoms with Gasteiger partial charge in [0.2, 0.25) is 5.91 Å². The Morgan fingerprint density at radius 2 is 2.07 bits per heavy atom. The summed E-state index contributed by atoms with van der Waals surface area (Å²) in [5.74, 6) is 0.327. The first-order chi connectivity index (χ1) is 13.3. The van der Waals surface area contributed by atoms with E-state index in [1.54, 1.807) is 0 Å². The highest BCUT2D eigenvalue weighted by Crippen LogP contribution is 2.29. The van der Waals surface area contributed by atoms with Crippen molar-refractivity contribution in [3.8, 4) is 11.3 Å². The minimum absolute atomic E-state index is 0.0669. The first-order valence-electron chi connectivity index (χ1n) is 8.39. The molecular weight excluding hydrogens is 449 g/mol. The van der Waals surface area contributed by atoms with E-state index in [-0.39, 0.29) is 24.4 Å². The van der Waals surface area contributed by atoms with E-state index >= 15 is 0 Å². The maximum absolute atomic E-state index is 13.3. The molecule has 2 aromatic heterocycles. The lowest BCUT2D eigenvalue weighted by molar-refractivity contribution is -0.116. The van der Waals surface area contributed by atoms with Crippen LogP contribution in [0.1, 0.15) is 28.3 Å². The highest BCUT2D eigenvalue weighted by Gasteiger charge is 2.14. The minimum Gasteiger partial charge on any atom is -0.466 e. The van der Waals surface area contributed by atoms with Crippen molar-refractivity contribution in [2.24, 2.45) is 0 Å². The van der Waals surface area contributed by atoms with Crippen LogP contribution in [0.25, 0.3) is 11.3 Å². The minimum atomic E-state index is -0.506. The number of carbonyl (C=O) groups is 2. The van der Waals surface area contributed by atoms with Crippen molar-refractivity contribution in [2.75, 3.05) is 11.9 Å². The Hall–Kier alpha value is -2.52. The van der Waals surface area contributed by atoms with E-state index in [0.717, 1.165) is 28.8 Å². The standard InChI is InChI=1S/C19H17BrFN3O3S/c1-10-7-13(11(2)27-10)16-9-28-19(23-16)24-17(25)5-6-22-18(26)14-8-12(21)3-4-15(14)20/h3-4,7-9H,5-6H2,1-2H3,(H,22,26)(H,23,24,25). The number of aromatic nitrogens is 1. The molecule has 0 bridgehead atoms. The van der Waals surface area contributed by atoms with Crippen LogP contribution in [0.15, 0.2) is 38.5 Å². The van der Waals surface area contributed by atoms with E-state index in [1.807, 2.05) is 25.3 Å². The molecule has 0 saturated heterocycles. The summed E-state index contributed by atoms with van der Waals surface area (Å²) >= 11 is 4.51. The molecule has 146 valence electrons. The fourth-order valence-corrected chi connectivity index (χ4v) is 3.73. The number of amides is 2. The van der Waals surface area contributed by atoms with Crippen LogP contribution in [0, 0.1) is 19.7 Å². The van der Waals surface area contributed by atoms with Gasteiger partial charge in [0.15, 0.2) is 5.13 Å². The van der Waals surface area contributed by atoms with E-state index in [1.165, 1.54) is 23.5 Å². The highest BCUT2D eigenvalue weighted by atomic mass is 79.9. The van der Waals surface area contributed by atoms with Crippen LogP contribution in [0.5, 0.6) is 0 Å². The van der Waals surface area contributed by atoms with Crippen molar-refractivity contribution in [3.63, 3.8) is 0 Å². The first kappa shape index (κ1) is 20.2. The van der Waals surface area contributed by atoms with E-state index < -0.39 is 11.7 Å². The molecule has 3 aromatic rings. The van der Waals surface area contributed by atoms with Gasteiger partial charge in [-0.3, -0.25) is 9.59 Å². The molecule has 28 heavy (non-hydrogen) atoms. The van der Waals surface area contributed by atoms with Crippen molar-refractivity contribution in [2.45, 2.75) is 20.3 Å². The summed E-state index contributed by atoms with van der Waals surface area (Å²) in [4.78, 5) is 28.6. The van der Waals surface area contributed by atoms with Crippen LogP contribution in [0.2, 0.25) is 0 Å². The van der Waals surface area contributed by atoms with Crippen molar-refractivity contribution in [1.82, 2.24) is 10.3 Å². The van der Waals surface area contributed by atoms with Gasteiger partial charge in [-0.15, -0.1) is 11.3 Å². The molecule has 0 atom stereocenters. The molecule has 0 unspecified atom stereocenters. The third-order valence-electron chi connectivity index (χ3n) is 3.88. The topological polar surface area (TPSA) is 84.2 Å². The SMILES string of the molecule is Cc1cc(-c2csc(NC(=O)CCNC(=O)c3cc(F)ccc3Br)n2)c(C)o1. The Bertz CT molecular complexity index is 1030. The van der Waals surface area contributed by atoms with Crippen LogP contribution in [-0.2, 0) is 4.79 Å². The summed E-state index contributed by atoms with van der Waals surface area (Å²) in [7, 11) is 0. The number of benzene rings is 1. The van der Waals surface area contributed by atoms with E-state index in [9.17, 15) is 14.0 Å². The number of rotatable bonds is 6. The number of hydrogen-bond acceptors (Lipinski definition) is 5. The molecule has 0 saturated carbocycles. The zero-order chi connectivity index (χ0) is 20.3. The molecule has 6 nitrogen and oxygen atoms in total. The zero-order valence-corrected chi connectivity index (χ0v) is 17.5. The Kier molecular flexibility index (Phi) is 6.25. The number of halogens is 2. The van der Waals surface area contributed by atoms with Gasteiger partial charge < -0.3 is 15.1 Å². The number of nitrogens with zero attached hydrogens (tertiary/aromatic N) is 1. The summed E-state index contributed by atoms with van der Waals surface area (Å²) in [5.41, 5.74) is 1.80. The van der Waals surface area contributed by atoms with E-state index in [2.05, 4.69) is 31.5 Å². The second-order valence-electron chi connectivity index (χ2n) is 6.04. The Morgan fingerprint density at radius 3 is 2.79 bits per heavy atom. The number of thiazole rings is 1. The van der Waals surface area contributed by atoms with Crippen LogP contribution >= 0.6 is 27.3 Å². The number of carbonyl (C=O) groups excluding carboxylic acids is 2. The fraction of sp³-hybridized carbons (Fsp3) is 0.211. The predicted molar refractivity (Wildman–Crippen MR) is 109 cm³/mol. The second-order valence-corrected chi connectivity index (χ2v) is 7.76. The molecule has 2 heterocycles. The molecule has 0 aliphatic carbocycles. The van der Waals surface area contributed by atoms with Gasteiger partial charge in [0, 0.05) is 28.4 Å². The number of nitrogens with one attached hydrogen (secondary N) is 2. The molecule has 0 radical (unpaired) electrons.